The first-order valence-electron chi connectivity index (χ1n) is 8.07. The number of nitrogens with zero attached hydrogens (tertiary/aromatic N) is 1. The highest BCUT2D eigenvalue weighted by atomic mass is 32.2. The number of benzene rings is 3. The van der Waals surface area contributed by atoms with Crippen molar-refractivity contribution in [1.29, 1.82) is 0 Å². The number of hydrogen-bond donors (Lipinski definition) is 2. The lowest BCUT2D eigenvalue weighted by atomic mass is 10.1. The van der Waals surface area contributed by atoms with Gasteiger partial charge in [-0.05, 0) is 48.0 Å². The van der Waals surface area contributed by atoms with Crippen molar-refractivity contribution in [3.8, 4) is 0 Å². The summed E-state index contributed by atoms with van der Waals surface area (Å²) in [6.07, 6.45) is 0. The molecule has 27 heavy (non-hydrogen) atoms. The Morgan fingerprint density at radius 2 is 1.74 bits per heavy atom. The minimum atomic E-state index is -4.22. The van der Waals surface area contributed by atoms with Gasteiger partial charge in [-0.25, -0.2) is 18.3 Å². The molecule has 0 aliphatic carbocycles. The van der Waals surface area contributed by atoms with E-state index in [1.807, 2.05) is 12.1 Å². The van der Waals surface area contributed by atoms with Crippen LogP contribution in [0, 0.1) is 5.82 Å². The topological polar surface area (TPSA) is 86.7 Å². The number of carbonyl (C=O) groups is 1. The quantitative estimate of drug-likeness (QED) is 0.520. The number of anilines is 1. The second-order valence-electron chi connectivity index (χ2n) is 5.94. The Labute approximate surface area is 155 Å². The van der Waals surface area contributed by atoms with E-state index in [9.17, 15) is 17.6 Å². The van der Waals surface area contributed by atoms with Gasteiger partial charge >= 0.3 is 0 Å². The molecule has 3 aromatic rings. The number of amides is 1. The van der Waals surface area contributed by atoms with Crippen LogP contribution in [0.5, 0.6) is 0 Å². The monoisotopic (exact) mass is 388 g/mol. The van der Waals surface area contributed by atoms with Crippen LogP contribution in [0.2, 0.25) is 0 Å². The Bertz CT molecular complexity index is 1100. The minimum Gasteiger partial charge on any atom is -0.289 e. The average Bonchev–Trinajstić information content (AvgIpc) is 2.66. The standard InChI is InChI=1S/C19H17FN2O4S/c1-13(19(23)21-24)22(17-8-4-7-16(20)12-17)27(25,26)18-10-9-14-5-2-3-6-15(14)11-18/h2-13,24H,1H3,(H,21,23)/t13-/m0/s1. The van der Waals surface area contributed by atoms with Crippen molar-refractivity contribution in [3.63, 3.8) is 0 Å². The van der Waals surface area contributed by atoms with Crippen LogP contribution in [0.25, 0.3) is 10.8 Å². The van der Waals surface area contributed by atoms with Crippen molar-refractivity contribution in [1.82, 2.24) is 5.48 Å². The van der Waals surface area contributed by atoms with E-state index in [0.29, 0.717) is 5.39 Å². The van der Waals surface area contributed by atoms with E-state index in [0.717, 1.165) is 15.8 Å². The molecule has 3 aromatic carbocycles. The lowest BCUT2D eigenvalue weighted by Crippen LogP contribution is -2.47. The minimum absolute atomic E-state index is 0.0285. The van der Waals surface area contributed by atoms with E-state index in [-0.39, 0.29) is 10.6 Å². The van der Waals surface area contributed by atoms with E-state index < -0.39 is 27.8 Å². The van der Waals surface area contributed by atoms with Gasteiger partial charge in [-0.1, -0.05) is 36.4 Å². The van der Waals surface area contributed by atoms with E-state index in [2.05, 4.69) is 0 Å². The molecule has 0 saturated heterocycles. The molecule has 0 aliphatic rings. The molecule has 0 radical (unpaired) electrons. The Balaban J connectivity index is 2.17. The molecule has 0 spiro atoms. The van der Waals surface area contributed by atoms with Crippen LogP contribution in [0.4, 0.5) is 10.1 Å². The van der Waals surface area contributed by atoms with E-state index in [1.165, 1.54) is 42.7 Å². The molecule has 0 aromatic heterocycles. The summed E-state index contributed by atoms with van der Waals surface area (Å²) in [6.45, 7) is 1.30. The van der Waals surface area contributed by atoms with Gasteiger partial charge in [0.2, 0.25) is 0 Å². The maximum absolute atomic E-state index is 13.7. The van der Waals surface area contributed by atoms with Crippen LogP contribution >= 0.6 is 0 Å². The van der Waals surface area contributed by atoms with E-state index in [4.69, 9.17) is 5.21 Å². The Morgan fingerprint density at radius 1 is 1.04 bits per heavy atom. The lowest BCUT2D eigenvalue weighted by Gasteiger charge is -2.29. The summed E-state index contributed by atoms with van der Waals surface area (Å²) in [7, 11) is -4.22. The van der Waals surface area contributed by atoms with Gasteiger partial charge in [0.05, 0.1) is 10.6 Å². The van der Waals surface area contributed by atoms with Gasteiger partial charge in [-0.15, -0.1) is 0 Å². The number of carbonyl (C=O) groups excluding carboxylic acids is 1. The third-order valence-corrected chi connectivity index (χ3v) is 6.08. The lowest BCUT2D eigenvalue weighted by molar-refractivity contribution is -0.129. The van der Waals surface area contributed by atoms with Crippen LogP contribution in [-0.2, 0) is 14.8 Å². The first-order chi connectivity index (χ1) is 12.8. The van der Waals surface area contributed by atoms with Gasteiger partial charge in [0.25, 0.3) is 15.9 Å². The van der Waals surface area contributed by atoms with Gasteiger partial charge in [0, 0.05) is 0 Å². The summed E-state index contributed by atoms with van der Waals surface area (Å²) >= 11 is 0. The summed E-state index contributed by atoms with van der Waals surface area (Å²) in [5, 5.41) is 10.5. The number of hydroxylamine groups is 1. The van der Waals surface area contributed by atoms with E-state index >= 15 is 0 Å². The summed E-state index contributed by atoms with van der Waals surface area (Å²) in [6, 6.07) is 15.4. The van der Waals surface area contributed by atoms with Gasteiger partial charge in [0.15, 0.2) is 0 Å². The number of sulfonamides is 1. The van der Waals surface area contributed by atoms with Crippen LogP contribution in [0.3, 0.4) is 0 Å². The molecule has 0 bridgehead atoms. The van der Waals surface area contributed by atoms with Gasteiger partial charge in [-0.2, -0.15) is 0 Å². The maximum Gasteiger partial charge on any atom is 0.266 e. The molecular weight excluding hydrogens is 371 g/mol. The van der Waals surface area contributed by atoms with Crippen LogP contribution in [0.15, 0.2) is 71.6 Å². The molecule has 0 saturated carbocycles. The first-order valence-corrected chi connectivity index (χ1v) is 9.51. The number of rotatable bonds is 5. The first kappa shape index (κ1) is 18.8. The maximum atomic E-state index is 13.7. The number of fused-ring (bicyclic) bond motifs is 1. The second-order valence-corrected chi connectivity index (χ2v) is 7.76. The van der Waals surface area contributed by atoms with Crippen LogP contribution in [-0.4, -0.2) is 25.6 Å². The Kier molecular flexibility index (Phi) is 5.11. The van der Waals surface area contributed by atoms with Crippen molar-refractivity contribution in [2.45, 2.75) is 17.9 Å². The molecule has 8 heteroatoms. The van der Waals surface area contributed by atoms with Crippen LogP contribution in [0.1, 0.15) is 6.92 Å². The third kappa shape index (κ3) is 3.62. The number of hydrogen-bond acceptors (Lipinski definition) is 4. The normalized spacial score (nSPS) is 12.6. The molecule has 0 heterocycles. The number of nitrogens with one attached hydrogen (secondary N) is 1. The smallest absolute Gasteiger partial charge is 0.266 e. The zero-order chi connectivity index (χ0) is 19.6. The summed E-state index contributed by atoms with van der Waals surface area (Å²) in [4.78, 5) is 11.9. The fraction of sp³-hybridized carbons (Fsp3) is 0.105. The fourth-order valence-corrected chi connectivity index (χ4v) is 4.47. The van der Waals surface area contributed by atoms with Gasteiger partial charge in [-0.3, -0.25) is 14.3 Å². The molecule has 1 amide bonds. The molecule has 2 N–H and O–H groups in total. The molecular formula is C19H17FN2O4S. The highest BCUT2D eigenvalue weighted by Gasteiger charge is 2.33. The van der Waals surface area contributed by atoms with Crippen molar-refractivity contribution >= 4 is 32.4 Å². The summed E-state index contributed by atoms with van der Waals surface area (Å²) < 4.78 is 41.1. The van der Waals surface area contributed by atoms with Crippen molar-refractivity contribution in [2.75, 3.05) is 4.31 Å². The zero-order valence-electron chi connectivity index (χ0n) is 14.3. The molecule has 6 nitrogen and oxygen atoms in total. The second kappa shape index (κ2) is 7.34. The number of halogens is 1. The van der Waals surface area contributed by atoms with Crippen LogP contribution < -0.4 is 9.79 Å². The predicted octanol–water partition coefficient (Wildman–Crippen LogP) is 3.07. The van der Waals surface area contributed by atoms with Gasteiger partial charge in [0.1, 0.15) is 11.9 Å². The molecule has 0 fully saturated rings. The van der Waals surface area contributed by atoms with E-state index in [1.54, 1.807) is 18.2 Å². The van der Waals surface area contributed by atoms with Crippen molar-refractivity contribution in [2.24, 2.45) is 0 Å². The van der Waals surface area contributed by atoms with Crippen molar-refractivity contribution < 1.29 is 22.8 Å². The highest BCUT2D eigenvalue weighted by molar-refractivity contribution is 7.93. The highest BCUT2D eigenvalue weighted by Crippen LogP contribution is 2.28. The van der Waals surface area contributed by atoms with Gasteiger partial charge < -0.3 is 0 Å². The largest absolute Gasteiger partial charge is 0.289 e. The Morgan fingerprint density at radius 3 is 2.41 bits per heavy atom. The van der Waals surface area contributed by atoms with Crippen molar-refractivity contribution in [3.05, 3.63) is 72.5 Å². The molecule has 0 aliphatic heterocycles. The molecule has 140 valence electrons. The molecule has 3 rings (SSSR count). The molecule has 0 unspecified atom stereocenters. The Hall–Kier alpha value is -2.97. The predicted molar refractivity (Wildman–Crippen MR) is 99.4 cm³/mol. The SMILES string of the molecule is C[C@@H](C(=O)NO)N(c1cccc(F)c1)S(=O)(=O)c1ccc2ccccc2c1. The average molecular weight is 388 g/mol. The third-order valence-electron chi connectivity index (χ3n) is 4.18. The summed E-state index contributed by atoms with van der Waals surface area (Å²) in [5.74, 6) is -1.59. The molecule has 1 atom stereocenters. The fourth-order valence-electron chi connectivity index (χ4n) is 2.83. The summed E-state index contributed by atoms with van der Waals surface area (Å²) in [5.41, 5.74) is 1.42. The zero-order valence-corrected chi connectivity index (χ0v) is 15.2.